The molecule has 0 aromatic heterocycles. The average Bonchev–Trinajstić information content (AvgIpc) is 2.88. The number of carbonyl (C=O) groups is 2. The third-order valence-electron chi connectivity index (χ3n) is 4.28. The van der Waals surface area contributed by atoms with Crippen molar-refractivity contribution in [2.45, 2.75) is 70.9 Å². The van der Waals surface area contributed by atoms with Crippen molar-refractivity contribution in [2.24, 2.45) is 5.92 Å². The highest BCUT2D eigenvalue weighted by molar-refractivity contribution is 5.89. The summed E-state index contributed by atoms with van der Waals surface area (Å²) in [6.45, 7) is 4.53. The second-order valence-corrected chi connectivity index (χ2v) is 6.19. The quantitative estimate of drug-likeness (QED) is 0.850. The van der Waals surface area contributed by atoms with E-state index in [4.69, 9.17) is 0 Å². The molecule has 1 aliphatic heterocycles. The maximum absolute atomic E-state index is 12.3. The topological polar surface area (TPSA) is 49.4 Å². The van der Waals surface area contributed by atoms with Crippen LogP contribution in [-0.4, -0.2) is 35.3 Å². The van der Waals surface area contributed by atoms with Gasteiger partial charge in [0.05, 0.1) is 0 Å². The Balaban J connectivity index is 1.91. The molecular formula is C15H26N2O2. The highest BCUT2D eigenvalue weighted by atomic mass is 16.2. The van der Waals surface area contributed by atoms with Crippen molar-refractivity contribution in [3.05, 3.63) is 0 Å². The maximum Gasteiger partial charge on any atom is 0.243 e. The molecule has 2 fully saturated rings. The lowest BCUT2D eigenvalue weighted by atomic mass is 9.95. The lowest BCUT2D eigenvalue weighted by Crippen LogP contribution is -2.50. The summed E-state index contributed by atoms with van der Waals surface area (Å²) in [4.78, 5) is 26.2. The Labute approximate surface area is 115 Å². The molecule has 2 rings (SSSR count). The van der Waals surface area contributed by atoms with Crippen LogP contribution in [0, 0.1) is 5.92 Å². The monoisotopic (exact) mass is 266 g/mol. The van der Waals surface area contributed by atoms with Gasteiger partial charge in [-0.3, -0.25) is 9.59 Å². The van der Waals surface area contributed by atoms with Crippen LogP contribution in [0.15, 0.2) is 0 Å². The molecule has 108 valence electrons. The van der Waals surface area contributed by atoms with Crippen molar-refractivity contribution in [1.82, 2.24) is 10.2 Å². The summed E-state index contributed by atoms with van der Waals surface area (Å²) in [6.07, 6.45) is 7.66. The van der Waals surface area contributed by atoms with Gasteiger partial charge in [-0.05, 0) is 25.7 Å². The summed E-state index contributed by atoms with van der Waals surface area (Å²) in [5.74, 6) is 0.155. The molecule has 0 spiro atoms. The minimum absolute atomic E-state index is 0.0249. The standard InChI is InChI=1S/C15H26N2O2/c1-11(2)15(19)17-10-6-9-13(17)14(18)16-12-7-4-3-5-8-12/h11-13H,3-10H2,1-2H3,(H,16,18)/t13-/m0/s1. The van der Waals surface area contributed by atoms with Crippen molar-refractivity contribution >= 4 is 11.8 Å². The fourth-order valence-corrected chi connectivity index (χ4v) is 3.18. The molecule has 0 unspecified atom stereocenters. The van der Waals surface area contributed by atoms with E-state index in [1.807, 2.05) is 13.8 Å². The smallest absolute Gasteiger partial charge is 0.243 e. The molecule has 1 heterocycles. The van der Waals surface area contributed by atoms with Gasteiger partial charge >= 0.3 is 0 Å². The van der Waals surface area contributed by atoms with Crippen LogP contribution in [0.4, 0.5) is 0 Å². The van der Waals surface area contributed by atoms with Crippen molar-refractivity contribution in [1.29, 1.82) is 0 Å². The molecular weight excluding hydrogens is 240 g/mol. The third kappa shape index (κ3) is 3.48. The summed E-state index contributed by atoms with van der Waals surface area (Å²) in [7, 11) is 0. The maximum atomic E-state index is 12.3. The first-order valence-corrected chi connectivity index (χ1v) is 7.70. The predicted octanol–water partition coefficient (Wildman–Crippen LogP) is 2.08. The molecule has 4 nitrogen and oxygen atoms in total. The van der Waals surface area contributed by atoms with Crippen LogP contribution in [0.25, 0.3) is 0 Å². The van der Waals surface area contributed by atoms with Gasteiger partial charge in [0.15, 0.2) is 0 Å². The largest absolute Gasteiger partial charge is 0.352 e. The van der Waals surface area contributed by atoms with Crippen LogP contribution in [-0.2, 0) is 9.59 Å². The predicted molar refractivity (Wildman–Crippen MR) is 74.6 cm³/mol. The molecule has 0 radical (unpaired) electrons. The van der Waals surface area contributed by atoms with Gasteiger partial charge in [-0.2, -0.15) is 0 Å². The zero-order valence-corrected chi connectivity index (χ0v) is 12.2. The number of amides is 2. The molecule has 1 saturated heterocycles. The van der Waals surface area contributed by atoms with E-state index in [0.717, 1.165) is 32.2 Å². The minimum Gasteiger partial charge on any atom is -0.352 e. The first-order valence-electron chi connectivity index (χ1n) is 7.70. The van der Waals surface area contributed by atoms with E-state index in [0.29, 0.717) is 6.04 Å². The van der Waals surface area contributed by atoms with E-state index in [1.165, 1.54) is 19.3 Å². The first-order chi connectivity index (χ1) is 9.09. The van der Waals surface area contributed by atoms with Crippen molar-refractivity contribution < 1.29 is 9.59 Å². The Morgan fingerprint density at radius 3 is 2.37 bits per heavy atom. The Hall–Kier alpha value is -1.06. The Bertz CT molecular complexity index is 335. The zero-order chi connectivity index (χ0) is 13.8. The van der Waals surface area contributed by atoms with Crippen LogP contribution in [0.3, 0.4) is 0 Å². The summed E-state index contributed by atoms with van der Waals surface area (Å²) < 4.78 is 0. The summed E-state index contributed by atoms with van der Waals surface area (Å²) >= 11 is 0. The number of likely N-dealkylation sites (tertiary alicyclic amines) is 1. The molecule has 2 aliphatic rings. The van der Waals surface area contributed by atoms with E-state index in [9.17, 15) is 9.59 Å². The van der Waals surface area contributed by atoms with Crippen LogP contribution >= 0.6 is 0 Å². The van der Waals surface area contributed by atoms with E-state index in [2.05, 4.69) is 5.32 Å². The van der Waals surface area contributed by atoms with Gasteiger partial charge in [0.25, 0.3) is 0 Å². The molecule has 0 aromatic carbocycles. The van der Waals surface area contributed by atoms with Gasteiger partial charge < -0.3 is 10.2 Å². The fraction of sp³-hybridized carbons (Fsp3) is 0.867. The third-order valence-corrected chi connectivity index (χ3v) is 4.28. The fourth-order valence-electron chi connectivity index (χ4n) is 3.18. The number of hydrogen-bond donors (Lipinski definition) is 1. The van der Waals surface area contributed by atoms with E-state index >= 15 is 0 Å². The molecule has 19 heavy (non-hydrogen) atoms. The summed E-state index contributed by atoms with van der Waals surface area (Å²) in [5, 5.41) is 3.15. The number of carbonyl (C=O) groups excluding carboxylic acids is 2. The van der Waals surface area contributed by atoms with E-state index < -0.39 is 0 Å². The van der Waals surface area contributed by atoms with Crippen molar-refractivity contribution in [3.63, 3.8) is 0 Å². The molecule has 4 heteroatoms. The molecule has 1 aliphatic carbocycles. The molecule has 1 N–H and O–H groups in total. The van der Waals surface area contributed by atoms with Gasteiger partial charge in [-0.1, -0.05) is 33.1 Å². The van der Waals surface area contributed by atoms with Crippen LogP contribution in [0.5, 0.6) is 0 Å². The van der Waals surface area contributed by atoms with Crippen molar-refractivity contribution in [3.8, 4) is 0 Å². The molecule has 1 atom stereocenters. The normalized spacial score (nSPS) is 24.8. The molecule has 0 aromatic rings. The second kappa shape index (κ2) is 6.40. The minimum atomic E-state index is -0.225. The SMILES string of the molecule is CC(C)C(=O)N1CCC[C@H]1C(=O)NC1CCCCC1. The number of hydrogen-bond acceptors (Lipinski definition) is 2. The van der Waals surface area contributed by atoms with Gasteiger partial charge in [-0.25, -0.2) is 0 Å². The van der Waals surface area contributed by atoms with E-state index in [1.54, 1.807) is 4.90 Å². The molecule has 0 bridgehead atoms. The summed E-state index contributed by atoms with van der Waals surface area (Å²) in [6, 6.07) is 0.106. The lowest BCUT2D eigenvalue weighted by Gasteiger charge is -2.29. The Kier molecular flexibility index (Phi) is 4.83. The lowest BCUT2D eigenvalue weighted by molar-refractivity contribution is -0.141. The molecule has 1 saturated carbocycles. The first kappa shape index (κ1) is 14.4. The highest BCUT2D eigenvalue weighted by Gasteiger charge is 2.35. The molecule has 2 amide bonds. The number of nitrogens with one attached hydrogen (secondary N) is 1. The Morgan fingerprint density at radius 2 is 1.74 bits per heavy atom. The second-order valence-electron chi connectivity index (χ2n) is 6.19. The van der Waals surface area contributed by atoms with Gasteiger partial charge in [0.2, 0.25) is 11.8 Å². The van der Waals surface area contributed by atoms with Gasteiger partial charge in [-0.15, -0.1) is 0 Å². The van der Waals surface area contributed by atoms with Gasteiger partial charge in [0.1, 0.15) is 6.04 Å². The average molecular weight is 266 g/mol. The number of nitrogens with zero attached hydrogens (tertiary/aromatic N) is 1. The van der Waals surface area contributed by atoms with Crippen LogP contribution < -0.4 is 5.32 Å². The number of rotatable bonds is 3. The summed E-state index contributed by atoms with van der Waals surface area (Å²) in [5.41, 5.74) is 0. The van der Waals surface area contributed by atoms with Gasteiger partial charge in [0, 0.05) is 18.5 Å². The van der Waals surface area contributed by atoms with Crippen molar-refractivity contribution in [2.75, 3.05) is 6.54 Å². The van der Waals surface area contributed by atoms with Crippen LogP contribution in [0.2, 0.25) is 0 Å². The van der Waals surface area contributed by atoms with E-state index in [-0.39, 0.29) is 23.8 Å². The Morgan fingerprint density at radius 1 is 1.05 bits per heavy atom. The highest BCUT2D eigenvalue weighted by Crippen LogP contribution is 2.22. The zero-order valence-electron chi connectivity index (χ0n) is 12.2. The van der Waals surface area contributed by atoms with Crippen LogP contribution in [0.1, 0.15) is 58.8 Å².